The third kappa shape index (κ3) is 2.20. The summed E-state index contributed by atoms with van der Waals surface area (Å²) in [6, 6.07) is 8.13. The second-order valence-corrected chi connectivity index (χ2v) is 4.32. The van der Waals surface area contributed by atoms with Crippen LogP contribution in [0.1, 0.15) is 29.6 Å². The molecule has 1 aliphatic carbocycles. The monoisotopic (exact) mass is 252 g/mol. The highest BCUT2D eigenvalue weighted by Gasteiger charge is 2.52. The van der Waals surface area contributed by atoms with Crippen molar-refractivity contribution >= 4 is 11.9 Å². The maximum atomic E-state index is 14.1. The minimum atomic E-state index is -2.45. The molecule has 1 saturated carbocycles. The molecule has 1 aromatic rings. The number of esters is 1. The van der Waals surface area contributed by atoms with Gasteiger partial charge in [0.25, 0.3) is 0 Å². The number of aliphatic carboxylic acids is 1. The lowest BCUT2D eigenvalue weighted by Crippen LogP contribution is -2.43. The summed E-state index contributed by atoms with van der Waals surface area (Å²) in [7, 11) is 0. The number of halogens is 1. The summed E-state index contributed by atoms with van der Waals surface area (Å²) in [6.45, 7) is 0. The number of carboxylic acid groups (broad SMARTS) is 1. The van der Waals surface area contributed by atoms with Gasteiger partial charge in [-0.3, -0.25) is 0 Å². The average molecular weight is 252 g/mol. The molecule has 0 spiro atoms. The van der Waals surface area contributed by atoms with Gasteiger partial charge in [-0.05, 0) is 31.4 Å². The van der Waals surface area contributed by atoms with Crippen LogP contribution in [0, 0.1) is 0 Å². The van der Waals surface area contributed by atoms with Gasteiger partial charge >= 0.3 is 11.9 Å². The fourth-order valence-electron chi connectivity index (χ4n) is 2.10. The summed E-state index contributed by atoms with van der Waals surface area (Å²) in [4.78, 5) is 22.6. The van der Waals surface area contributed by atoms with E-state index in [1.807, 2.05) is 0 Å². The van der Waals surface area contributed by atoms with Gasteiger partial charge in [-0.2, -0.15) is 0 Å². The van der Waals surface area contributed by atoms with E-state index in [0.717, 1.165) is 0 Å². The van der Waals surface area contributed by atoms with Crippen LogP contribution in [0.2, 0.25) is 0 Å². The molecule has 2 atom stereocenters. The zero-order chi connectivity index (χ0) is 13.2. The van der Waals surface area contributed by atoms with E-state index in [2.05, 4.69) is 0 Å². The lowest BCUT2D eigenvalue weighted by atomic mass is 10.0. The number of carbonyl (C=O) groups excluding carboxylic acids is 1. The summed E-state index contributed by atoms with van der Waals surface area (Å²) in [5.41, 5.74) is -2.16. The van der Waals surface area contributed by atoms with Crippen LogP contribution in [0.3, 0.4) is 0 Å². The molecule has 0 radical (unpaired) electrons. The summed E-state index contributed by atoms with van der Waals surface area (Å²) >= 11 is 0. The molecule has 4 nitrogen and oxygen atoms in total. The van der Waals surface area contributed by atoms with Crippen molar-refractivity contribution < 1.29 is 23.8 Å². The van der Waals surface area contributed by atoms with Crippen LogP contribution >= 0.6 is 0 Å². The molecule has 0 aromatic heterocycles. The summed E-state index contributed by atoms with van der Waals surface area (Å²) in [6.07, 6.45) is -0.686. The van der Waals surface area contributed by atoms with Gasteiger partial charge in [0.1, 0.15) is 6.10 Å². The summed E-state index contributed by atoms with van der Waals surface area (Å²) in [5, 5.41) is 8.86. The quantitative estimate of drug-likeness (QED) is 0.837. The van der Waals surface area contributed by atoms with Gasteiger partial charge in [0, 0.05) is 0 Å². The molecule has 0 heterocycles. The molecule has 1 fully saturated rings. The van der Waals surface area contributed by atoms with Gasteiger partial charge in [0.05, 0.1) is 5.56 Å². The van der Waals surface area contributed by atoms with Crippen LogP contribution in [-0.2, 0) is 9.53 Å². The Morgan fingerprint density at radius 2 is 2.00 bits per heavy atom. The number of rotatable bonds is 3. The van der Waals surface area contributed by atoms with E-state index in [1.165, 1.54) is 12.1 Å². The Bertz CT molecular complexity index is 459. The number of hydrogen-bond donors (Lipinski definition) is 1. The Hall–Kier alpha value is -1.91. The van der Waals surface area contributed by atoms with Gasteiger partial charge in [0.15, 0.2) is 0 Å². The Balaban J connectivity index is 2.10. The highest BCUT2D eigenvalue weighted by atomic mass is 19.1. The molecule has 2 rings (SSSR count). The van der Waals surface area contributed by atoms with Crippen LogP contribution in [-0.4, -0.2) is 28.8 Å². The molecule has 0 amide bonds. The Kier molecular flexibility index (Phi) is 3.32. The molecule has 1 N–H and O–H groups in total. The number of carboxylic acids is 1. The Morgan fingerprint density at radius 1 is 1.33 bits per heavy atom. The van der Waals surface area contributed by atoms with Crippen LogP contribution in [0.15, 0.2) is 30.3 Å². The molecule has 5 heteroatoms. The third-order valence-electron chi connectivity index (χ3n) is 3.13. The first-order valence-corrected chi connectivity index (χ1v) is 5.72. The molecular weight excluding hydrogens is 239 g/mol. The molecule has 0 bridgehead atoms. The van der Waals surface area contributed by atoms with Crippen LogP contribution in [0.4, 0.5) is 4.39 Å². The van der Waals surface area contributed by atoms with Crippen molar-refractivity contribution in [2.45, 2.75) is 31.0 Å². The van der Waals surface area contributed by atoms with Crippen molar-refractivity contribution in [2.24, 2.45) is 0 Å². The normalized spacial score (nSPS) is 26.8. The fraction of sp³-hybridized carbons (Fsp3) is 0.385. The minimum Gasteiger partial charge on any atom is -0.479 e. The predicted molar refractivity (Wildman–Crippen MR) is 61.0 cm³/mol. The number of ether oxygens (including phenoxy) is 1. The largest absolute Gasteiger partial charge is 0.479 e. The van der Waals surface area contributed by atoms with E-state index >= 15 is 0 Å². The number of alkyl halides is 1. The molecule has 96 valence electrons. The van der Waals surface area contributed by atoms with Crippen molar-refractivity contribution in [2.75, 3.05) is 0 Å². The van der Waals surface area contributed by atoms with Gasteiger partial charge in [-0.1, -0.05) is 18.2 Å². The molecular formula is C13H13FO4. The van der Waals surface area contributed by atoms with Gasteiger partial charge < -0.3 is 9.84 Å². The second-order valence-electron chi connectivity index (χ2n) is 4.32. The lowest BCUT2D eigenvalue weighted by molar-refractivity contribution is -0.157. The van der Waals surface area contributed by atoms with Crippen molar-refractivity contribution in [1.82, 2.24) is 0 Å². The first-order valence-electron chi connectivity index (χ1n) is 5.72. The van der Waals surface area contributed by atoms with E-state index in [0.29, 0.717) is 6.42 Å². The maximum absolute atomic E-state index is 14.1. The second kappa shape index (κ2) is 4.76. The molecule has 2 unspecified atom stereocenters. The van der Waals surface area contributed by atoms with Crippen LogP contribution < -0.4 is 0 Å². The fourth-order valence-corrected chi connectivity index (χ4v) is 2.10. The van der Waals surface area contributed by atoms with Crippen LogP contribution in [0.5, 0.6) is 0 Å². The van der Waals surface area contributed by atoms with Gasteiger partial charge in [-0.25, -0.2) is 14.0 Å². The van der Waals surface area contributed by atoms with E-state index in [9.17, 15) is 14.0 Å². The first kappa shape index (κ1) is 12.5. The molecule has 0 aliphatic heterocycles. The molecule has 1 aliphatic rings. The van der Waals surface area contributed by atoms with Crippen molar-refractivity contribution in [3.05, 3.63) is 35.9 Å². The Morgan fingerprint density at radius 3 is 2.61 bits per heavy atom. The van der Waals surface area contributed by atoms with Gasteiger partial charge in [0.2, 0.25) is 5.67 Å². The van der Waals surface area contributed by atoms with E-state index < -0.39 is 23.7 Å². The van der Waals surface area contributed by atoms with Crippen molar-refractivity contribution in [3.8, 4) is 0 Å². The zero-order valence-electron chi connectivity index (χ0n) is 9.64. The Labute approximate surface area is 103 Å². The average Bonchev–Trinajstić information content (AvgIpc) is 2.73. The highest BCUT2D eigenvalue weighted by Crippen LogP contribution is 2.36. The number of benzene rings is 1. The standard InChI is InChI=1S/C13H13FO4/c14-13(12(16)17)8-4-7-10(13)18-11(15)9-5-2-1-3-6-9/h1-3,5-6,10H,4,7-8H2,(H,16,17). The van der Waals surface area contributed by atoms with E-state index in [1.54, 1.807) is 18.2 Å². The number of carbonyl (C=O) groups is 2. The molecule has 1 aromatic carbocycles. The van der Waals surface area contributed by atoms with E-state index in [4.69, 9.17) is 9.84 Å². The first-order chi connectivity index (χ1) is 8.54. The predicted octanol–water partition coefficient (Wildman–Crippen LogP) is 2.19. The smallest absolute Gasteiger partial charge is 0.345 e. The molecule has 18 heavy (non-hydrogen) atoms. The summed E-state index contributed by atoms with van der Waals surface area (Å²) < 4.78 is 19.1. The lowest BCUT2D eigenvalue weighted by Gasteiger charge is -2.22. The van der Waals surface area contributed by atoms with Crippen LogP contribution in [0.25, 0.3) is 0 Å². The SMILES string of the molecule is O=C(OC1CCCC1(F)C(=O)O)c1ccccc1. The number of hydrogen-bond acceptors (Lipinski definition) is 3. The van der Waals surface area contributed by atoms with Crippen molar-refractivity contribution in [3.63, 3.8) is 0 Å². The van der Waals surface area contributed by atoms with Gasteiger partial charge in [-0.15, -0.1) is 0 Å². The third-order valence-corrected chi connectivity index (χ3v) is 3.13. The zero-order valence-corrected chi connectivity index (χ0v) is 9.64. The topological polar surface area (TPSA) is 63.6 Å². The molecule has 0 saturated heterocycles. The highest BCUT2D eigenvalue weighted by molar-refractivity contribution is 5.90. The maximum Gasteiger partial charge on any atom is 0.345 e. The summed E-state index contributed by atoms with van der Waals surface area (Å²) in [5.74, 6) is -2.25. The minimum absolute atomic E-state index is 0.116. The van der Waals surface area contributed by atoms with E-state index in [-0.39, 0.29) is 18.4 Å². The van der Waals surface area contributed by atoms with Crippen molar-refractivity contribution in [1.29, 1.82) is 0 Å².